The van der Waals surface area contributed by atoms with Gasteiger partial charge in [0, 0.05) is 24.9 Å². The molecule has 0 spiro atoms. The van der Waals surface area contributed by atoms with Gasteiger partial charge in [0.25, 0.3) is 0 Å². The number of Topliss-reactive ketones (excluding diaryl/α,β-unsaturated/α-hetero) is 1. The number of carbonyl (C=O) groups excluding carboxylic acids is 2. The predicted octanol–water partition coefficient (Wildman–Crippen LogP) is 1.27. The van der Waals surface area contributed by atoms with Crippen molar-refractivity contribution in [1.29, 1.82) is 0 Å². The highest BCUT2D eigenvalue weighted by molar-refractivity contribution is 5.83. The quantitative estimate of drug-likeness (QED) is 0.769. The standard InChI is InChI=1S/C10H13NO3/c1-8(12)2-3-10(13)11-6-9-4-5-14-7-9/h4-5,7H,2-3,6H2,1H3,(H,11,13). The van der Waals surface area contributed by atoms with Crippen molar-refractivity contribution < 1.29 is 14.0 Å². The zero-order chi connectivity index (χ0) is 10.4. The second-order valence-corrected chi connectivity index (χ2v) is 3.11. The van der Waals surface area contributed by atoms with E-state index in [1.54, 1.807) is 18.6 Å². The van der Waals surface area contributed by atoms with Gasteiger partial charge in [0.15, 0.2) is 0 Å². The van der Waals surface area contributed by atoms with Crippen LogP contribution in [-0.2, 0) is 16.1 Å². The summed E-state index contributed by atoms with van der Waals surface area (Å²) >= 11 is 0. The lowest BCUT2D eigenvalue weighted by atomic mass is 10.2. The lowest BCUT2D eigenvalue weighted by molar-refractivity contribution is -0.124. The number of rotatable bonds is 5. The SMILES string of the molecule is CC(=O)CCC(=O)NCc1ccoc1. The fraction of sp³-hybridized carbons (Fsp3) is 0.400. The Kier molecular flexibility index (Phi) is 3.91. The molecule has 0 bridgehead atoms. The molecule has 1 N–H and O–H groups in total. The number of ketones is 1. The van der Waals surface area contributed by atoms with Crippen molar-refractivity contribution in [3.8, 4) is 0 Å². The van der Waals surface area contributed by atoms with E-state index in [-0.39, 0.29) is 18.1 Å². The molecule has 0 atom stereocenters. The van der Waals surface area contributed by atoms with Gasteiger partial charge in [-0.25, -0.2) is 0 Å². The van der Waals surface area contributed by atoms with Crippen molar-refractivity contribution in [2.24, 2.45) is 0 Å². The molecule has 0 saturated heterocycles. The van der Waals surface area contributed by atoms with Crippen molar-refractivity contribution >= 4 is 11.7 Å². The molecule has 14 heavy (non-hydrogen) atoms. The summed E-state index contributed by atoms with van der Waals surface area (Å²) in [6.45, 7) is 1.93. The zero-order valence-corrected chi connectivity index (χ0v) is 8.08. The third-order valence-corrected chi connectivity index (χ3v) is 1.77. The molecule has 0 fully saturated rings. The van der Waals surface area contributed by atoms with Crippen molar-refractivity contribution in [2.45, 2.75) is 26.3 Å². The summed E-state index contributed by atoms with van der Waals surface area (Å²) in [6, 6.07) is 1.78. The Balaban J connectivity index is 2.18. The van der Waals surface area contributed by atoms with Crippen molar-refractivity contribution in [3.63, 3.8) is 0 Å². The Bertz CT molecular complexity index is 303. The number of furan rings is 1. The molecule has 0 aliphatic heterocycles. The predicted molar refractivity (Wildman–Crippen MR) is 50.5 cm³/mol. The van der Waals surface area contributed by atoms with Crippen LogP contribution in [0.1, 0.15) is 25.3 Å². The van der Waals surface area contributed by atoms with Gasteiger partial charge in [-0.1, -0.05) is 0 Å². The van der Waals surface area contributed by atoms with Crippen molar-refractivity contribution in [1.82, 2.24) is 5.32 Å². The van der Waals surface area contributed by atoms with Crippen LogP contribution in [0.3, 0.4) is 0 Å². The van der Waals surface area contributed by atoms with Crippen LogP contribution in [0.25, 0.3) is 0 Å². The van der Waals surface area contributed by atoms with E-state index >= 15 is 0 Å². The lowest BCUT2D eigenvalue weighted by Crippen LogP contribution is -2.22. The molecule has 0 aliphatic rings. The first kappa shape index (κ1) is 10.5. The van der Waals surface area contributed by atoms with Crippen LogP contribution in [0.5, 0.6) is 0 Å². The molecule has 76 valence electrons. The fourth-order valence-electron chi connectivity index (χ4n) is 0.972. The van der Waals surface area contributed by atoms with E-state index < -0.39 is 0 Å². The highest BCUT2D eigenvalue weighted by atomic mass is 16.3. The molecule has 4 nitrogen and oxygen atoms in total. The summed E-state index contributed by atoms with van der Waals surface area (Å²) in [4.78, 5) is 21.7. The first-order valence-electron chi connectivity index (χ1n) is 4.45. The molecule has 1 rings (SSSR count). The van der Waals surface area contributed by atoms with Crippen LogP contribution in [-0.4, -0.2) is 11.7 Å². The maximum absolute atomic E-state index is 11.1. The second kappa shape index (κ2) is 5.21. The number of hydrogen-bond donors (Lipinski definition) is 1. The maximum Gasteiger partial charge on any atom is 0.220 e. The van der Waals surface area contributed by atoms with Crippen molar-refractivity contribution in [3.05, 3.63) is 24.2 Å². The smallest absolute Gasteiger partial charge is 0.220 e. The summed E-state index contributed by atoms with van der Waals surface area (Å²) in [6.07, 6.45) is 3.69. The van der Waals surface area contributed by atoms with Crippen LogP contribution in [0.15, 0.2) is 23.0 Å². The van der Waals surface area contributed by atoms with Gasteiger partial charge in [0.2, 0.25) is 5.91 Å². The molecule has 1 heterocycles. The highest BCUT2D eigenvalue weighted by Crippen LogP contribution is 1.99. The minimum Gasteiger partial charge on any atom is -0.472 e. The summed E-state index contributed by atoms with van der Waals surface area (Å²) in [5.74, 6) is -0.0788. The summed E-state index contributed by atoms with van der Waals surface area (Å²) < 4.78 is 4.84. The zero-order valence-electron chi connectivity index (χ0n) is 8.08. The van der Waals surface area contributed by atoms with E-state index in [1.807, 2.05) is 0 Å². The summed E-state index contributed by atoms with van der Waals surface area (Å²) in [7, 11) is 0. The van der Waals surface area contributed by atoms with Gasteiger partial charge in [-0.05, 0) is 13.0 Å². The molecule has 0 radical (unpaired) electrons. The van der Waals surface area contributed by atoms with E-state index in [9.17, 15) is 9.59 Å². The first-order chi connectivity index (χ1) is 6.68. The average Bonchev–Trinajstić information content (AvgIpc) is 2.63. The van der Waals surface area contributed by atoms with Gasteiger partial charge in [-0.15, -0.1) is 0 Å². The average molecular weight is 195 g/mol. The summed E-state index contributed by atoms with van der Waals surface area (Å²) in [5.41, 5.74) is 0.918. The molecule has 1 aromatic rings. The van der Waals surface area contributed by atoms with Gasteiger partial charge in [-0.2, -0.15) is 0 Å². The minimum absolute atomic E-state index is 0.0310. The number of hydrogen-bond acceptors (Lipinski definition) is 3. The van der Waals surface area contributed by atoms with E-state index in [0.717, 1.165) is 5.56 Å². The number of carbonyl (C=O) groups is 2. The molecule has 0 aromatic carbocycles. The van der Waals surface area contributed by atoms with Gasteiger partial charge >= 0.3 is 0 Å². The monoisotopic (exact) mass is 195 g/mol. The lowest BCUT2D eigenvalue weighted by Gasteiger charge is -2.01. The topological polar surface area (TPSA) is 59.3 Å². The second-order valence-electron chi connectivity index (χ2n) is 3.11. The third-order valence-electron chi connectivity index (χ3n) is 1.77. The van der Waals surface area contributed by atoms with Crippen LogP contribution < -0.4 is 5.32 Å². The Labute approximate surface area is 82.3 Å². The highest BCUT2D eigenvalue weighted by Gasteiger charge is 2.03. The molecule has 1 aromatic heterocycles. The van der Waals surface area contributed by atoms with Crippen LogP contribution in [0.4, 0.5) is 0 Å². The van der Waals surface area contributed by atoms with E-state index in [1.165, 1.54) is 6.92 Å². The van der Waals surface area contributed by atoms with Crippen LogP contribution in [0.2, 0.25) is 0 Å². The van der Waals surface area contributed by atoms with E-state index in [4.69, 9.17) is 4.42 Å². The third kappa shape index (κ3) is 3.89. The number of nitrogens with one attached hydrogen (secondary N) is 1. The summed E-state index contributed by atoms with van der Waals surface area (Å²) in [5, 5.41) is 2.69. The van der Waals surface area contributed by atoms with Crippen molar-refractivity contribution in [2.75, 3.05) is 0 Å². The van der Waals surface area contributed by atoms with E-state index in [2.05, 4.69) is 5.32 Å². The fourth-order valence-corrected chi connectivity index (χ4v) is 0.972. The number of amides is 1. The molecular weight excluding hydrogens is 182 g/mol. The molecule has 0 unspecified atom stereocenters. The van der Waals surface area contributed by atoms with E-state index in [0.29, 0.717) is 13.0 Å². The van der Waals surface area contributed by atoms with Gasteiger partial charge < -0.3 is 14.5 Å². The molecular formula is C10H13NO3. The van der Waals surface area contributed by atoms with Gasteiger partial charge in [-0.3, -0.25) is 4.79 Å². The molecule has 0 aliphatic carbocycles. The van der Waals surface area contributed by atoms with Gasteiger partial charge in [0.1, 0.15) is 5.78 Å². The molecule has 1 amide bonds. The Morgan fingerprint density at radius 3 is 2.79 bits per heavy atom. The van der Waals surface area contributed by atoms with Gasteiger partial charge in [0.05, 0.1) is 12.5 Å². The Morgan fingerprint density at radius 1 is 1.43 bits per heavy atom. The van der Waals surface area contributed by atoms with Crippen LogP contribution in [0, 0.1) is 0 Å². The normalized spacial score (nSPS) is 9.79. The van der Waals surface area contributed by atoms with Crippen LogP contribution >= 0.6 is 0 Å². The maximum atomic E-state index is 11.1. The minimum atomic E-state index is -0.110. The largest absolute Gasteiger partial charge is 0.472 e. The molecule has 0 saturated carbocycles. The Morgan fingerprint density at radius 2 is 2.21 bits per heavy atom. The Hall–Kier alpha value is -1.58. The first-order valence-corrected chi connectivity index (χ1v) is 4.45. The molecule has 4 heteroatoms.